The van der Waals surface area contributed by atoms with E-state index in [0.717, 1.165) is 32.2 Å². The zero-order valence-electron chi connectivity index (χ0n) is 18.0. The second-order valence-corrected chi connectivity index (χ2v) is 9.78. The number of piperazine rings is 1. The highest BCUT2D eigenvalue weighted by molar-refractivity contribution is 5.84. The zero-order valence-corrected chi connectivity index (χ0v) is 18.0. The second-order valence-electron chi connectivity index (χ2n) is 9.78. The fraction of sp³-hybridized carbons (Fsp3) is 0.818. The highest BCUT2D eigenvalue weighted by Gasteiger charge is 2.45. The summed E-state index contributed by atoms with van der Waals surface area (Å²) in [6.07, 6.45) is 5.28. The Labute approximate surface area is 177 Å². The number of esters is 1. The van der Waals surface area contributed by atoms with Crippen LogP contribution in [0, 0.1) is 23.2 Å². The Hall–Kier alpha value is -2.12. The van der Waals surface area contributed by atoms with Gasteiger partial charge in [0.2, 0.25) is 17.7 Å². The maximum absolute atomic E-state index is 13.1. The van der Waals surface area contributed by atoms with Gasteiger partial charge in [-0.15, -0.1) is 0 Å². The predicted octanol–water partition coefficient (Wildman–Crippen LogP) is 0.941. The van der Waals surface area contributed by atoms with Crippen LogP contribution in [0.15, 0.2) is 0 Å². The maximum atomic E-state index is 13.1. The van der Waals surface area contributed by atoms with Crippen LogP contribution in [0.4, 0.5) is 0 Å². The SMILES string of the molecule is COC(=O)C1CC(C(=O)N2CCN(C(=O)C3CCC4(CC3)CNC(=O)C4)[C@H](C)C2)C1. The number of rotatable bonds is 3. The number of hydrogen-bond donors (Lipinski definition) is 1. The normalized spacial score (nSPS) is 36.3. The first-order valence-electron chi connectivity index (χ1n) is 11.3. The van der Waals surface area contributed by atoms with Gasteiger partial charge < -0.3 is 19.9 Å². The molecule has 4 fully saturated rings. The summed E-state index contributed by atoms with van der Waals surface area (Å²) in [5.74, 6) is 0.00475. The number of ether oxygens (including phenoxy) is 1. The lowest BCUT2D eigenvalue weighted by molar-refractivity contribution is -0.157. The van der Waals surface area contributed by atoms with E-state index >= 15 is 0 Å². The number of methoxy groups -OCH3 is 1. The molecule has 3 amide bonds. The molecular formula is C22H33N3O5. The van der Waals surface area contributed by atoms with Gasteiger partial charge in [0.05, 0.1) is 13.0 Å². The molecule has 8 nitrogen and oxygen atoms in total. The second kappa shape index (κ2) is 8.19. The van der Waals surface area contributed by atoms with Crippen molar-refractivity contribution in [2.24, 2.45) is 23.2 Å². The minimum atomic E-state index is -0.227. The van der Waals surface area contributed by atoms with E-state index in [0.29, 0.717) is 38.9 Å². The Balaban J connectivity index is 1.25. The Morgan fingerprint density at radius 3 is 2.30 bits per heavy atom. The lowest BCUT2D eigenvalue weighted by Gasteiger charge is -2.45. The first-order chi connectivity index (χ1) is 14.3. The van der Waals surface area contributed by atoms with Crippen LogP contribution in [0.3, 0.4) is 0 Å². The topological polar surface area (TPSA) is 96.0 Å². The molecule has 1 spiro atoms. The maximum Gasteiger partial charge on any atom is 0.308 e. The Kier molecular flexibility index (Phi) is 5.77. The highest BCUT2D eigenvalue weighted by atomic mass is 16.5. The summed E-state index contributed by atoms with van der Waals surface area (Å²) in [4.78, 5) is 52.9. The number of nitrogens with one attached hydrogen (secondary N) is 1. The summed E-state index contributed by atoms with van der Waals surface area (Å²) in [5, 5.41) is 2.94. The average Bonchev–Trinajstić information content (AvgIpc) is 3.06. The number of hydrogen-bond acceptors (Lipinski definition) is 5. The van der Waals surface area contributed by atoms with Gasteiger partial charge in [0.15, 0.2) is 0 Å². The van der Waals surface area contributed by atoms with Gasteiger partial charge in [-0.3, -0.25) is 19.2 Å². The molecule has 1 atom stereocenters. The van der Waals surface area contributed by atoms with E-state index in [4.69, 9.17) is 4.74 Å². The molecule has 0 radical (unpaired) electrons. The fourth-order valence-electron chi connectivity index (χ4n) is 5.74. The van der Waals surface area contributed by atoms with Crippen molar-refractivity contribution < 1.29 is 23.9 Å². The van der Waals surface area contributed by atoms with Crippen LogP contribution in [0.5, 0.6) is 0 Å². The molecule has 2 saturated heterocycles. The van der Waals surface area contributed by atoms with E-state index in [1.165, 1.54) is 7.11 Å². The van der Waals surface area contributed by atoms with E-state index < -0.39 is 0 Å². The van der Waals surface area contributed by atoms with Crippen LogP contribution < -0.4 is 5.32 Å². The van der Waals surface area contributed by atoms with Gasteiger partial charge >= 0.3 is 5.97 Å². The van der Waals surface area contributed by atoms with Crippen LogP contribution in [0.1, 0.15) is 51.9 Å². The molecule has 1 N–H and O–H groups in total. The summed E-state index contributed by atoms with van der Waals surface area (Å²) < 4.78 is 4.75. The van der Waals surface area contributed by atoms with E-state index in [1.807, 2.05) is 16.7 Å². The van der Waals surface area contributed by atoms with Gasteiger partial charge in [0.1, 0.15) is 0 Å². The third-order valence-electron chi connectivity index (χ3n) is 7.84. The van der Waals surface area contributed by atoms with Gasteiger partial charge in [-0.2, -0.15) is 0 Å². The molecule has 2 saturated carbocycles. The number of amides is 3. The van der Waals surface area contributed by atoms with Gasteiger partial charge in [-0.05, 0) is 50.9 Å². The van der Waals surface area contributed by atoms with Gasteiger partial charge in [-0.25, -0.2) is 0 Å². The Bertz CT molecular complexity index is 724. The first kappa shape index (κ1) is 21.1. The summed E-state index contributed by atoms with van der Waals surface area (Å²) in [5.41, 5.74) is 0.0649. The smallest absolute Gasteiger partial charge is 0.308 e. The van der Waals surface area contributed by atoms with Gasteiger partial charge in [-0.1, -0.05) is 0 Å². The van der Waals surface area contributed by atoms with Crippen LogP contribution in [-0.2, 0) is 23.9 Å². The van der Waals surface area contributed by atoms with E-state index in [2.05, 4.69) is 5.32 Å². The van der Waals surface area contributed by atoms with E-state index in [-0.39, 0.29) is 52.9 Å². The summed E-state index contributed by atoms with van der Waals surface area (Å²) in [6.45, 7) is 4.45. The van der Waals surface area contributed by atoms with Crippen molar-refractivity contribution in [3.8, 4) is 0 Å². The molecule has 0 aromatic heterocycles. The number of nitrogens with zero attached hydrogens (tertiary/aromatic N) is 2. The summed E-state index contributed by atoms with van der Waals surface area (Å²) >= 11 is 0. The van der Waals surface area contributed by atoms with Crippen LogP contribution >= 0.6 is 0 Å². The monoisotopic (exact) mass is 419 g/mol. The Morgan fingerprint density at radius 2 is 1.73 bits per heavy atom. The molecule has 166 valence electrons. The summed E-state index contributed by atoms with van der Waals surface area (Å²) in [6, 6.07) is -0.00251. The van der Waals surface area contributed by atoms with Crippen molar-refractivity contribution in [2.75, 3.05) is 33.3 Å². The molecule has 0 unspecified atom stereocenters. The van der Waals surface area contributed by atoms with Gasteiger partial charge in [0.25, 0.3) is 0 Å². The fourth-order valence-corrected chi connectivity index (χ4v) is 5.74. The van der Waals surface area contributed by atoms with Crippen molar-refractivity contribution in [3.63, 3.8) is 0 Å². The lowest BCUT2D eigenvalue weighted by Crippen LogP contribution is -2.58. The molecule has 2 aliphatic heterocycles. The highest BCUT2D eigenvalue weighted by Crippen LogP contribution is 2.44. The van der Waals surface area contributed by atoms with Crippen LogP contribution in [0.2, 0.25) is 0 Å². The average molecular weight is 420 g/mol. The van der Waals surface area contributed by atoms with Gasteiger partial charge in [0, 0.05) is 50.5 Å². The molecule has 4 rings (SSSR count). The van der Waals surface area contributed by atoms with E-state index in [9.17, 15) is 19.2 Å². The molecule has 2 aliphatic carbocycles. The molecule has 4 aliphatic rings. The molecule has 8 heteroatoms. The molecule has 30 heavy (non-hydrogen) atoms. The third kappa shape index (κ3) is 3.93. The minimum absolute atomic E-state index is 0.00251. The zero-order chi connectivity index (χ0) is 21.5. The van der Waals surface area contributed by atoms with Crippen molar-refractivity contribution in [3.05, 3.63) is 0 Å². The van der Waals surface area contributed by atoms with Crippen molar-refractivity contribution in [1.82, 2.24) is 15.1 Å². The predicted molar refractivity (Wildman–Crippen MR) is 108 cm³/mol. The molecule has 2 heterocycles. The van der Waals surface area contributed by atoms with Crippen LogP contribution in [0.25, 0.3) is 0 Å². The van der Waals surface area contributed by atoms with Crippen molar-refractivity contribution in [1.29, 1.82) is 0 Å². The minimum Gasteiger partial charge on any atom is -0.469 e. The lowest BCUT2D eigenvalue weighted by atomic mass is 9.69. The number of carbonyl (C=O) groups is 4. The largest absolute Gasteiger partial charge is 0.469 e. The summed E-state index contributed by atoms with van der Waals surface area (Å²) in [7, 11) is 1.38. The van der Waals surface area contributed by atoms with Crippen molar-refractivity contribution in [2.45, 2.75) is 57.9 Å². The first-order valence-corrected chi connectivity index (χ1v) is 11.3. The van der Waals surface area contributed by atoms with E-state index in [1.54, 1.807) is 0 Å². The molecule has 0 aromatic rings. The molecule has 0 bridgehead atoms. The van der Waals surface area contributed by atoms with Crippen LogP contribution in [-0.4, -0.2) is 72.8 Å². The standard InChI is InChI=1S/C22H33N3O5/c1-14-12-24(19(27)16-9-17(10-16)21(29)30-2)7-8-25(14)20(28)15-3-5-22(6-4-15)11-18(26)23-13-22/h14-17H,3-13H2,1-2H3,(H,23,26)/t14-,15?,16?,17?,22?/m1/s1. The quantitative estimate of drug-likeness (QED) is 0.687. The molecular weight excluding hydrogens is 386 g/mol. The van der Waals surface area contributed by atoms with Crippen molar-refractivity contribution >= 4 is 23.7 Å². The number of carbonyl (C=O) groups excluding carboxylic acids is 4. The molecule has 0 aromatic carbocycles. The Morgan fingerprint density at radius 1 is 1.03 bits per heavy atom. The third-order valence-corrected chi connectivity index (χ3v) is 7.84.